The fraction of sp³-hybridized carbons (Fsp3) is 1.00. The van der Waals surface area contributed by atoms with Crippen molar-refractivity contribution >= 4 is 0 Å². The molecule has 3 aliphatic heterocycles. The lowest BCUT2D eigenvalue weighted by atomic mass is 9.63. The smallest absolute Gasteiger partial charge is 0.0113 e. The monoisotopic (exact) mass is 593 g/mol. The van der Waals surface area contributed by atoms with E-state index in [1.165, 1.54) is 97.7 Å². The molecule has 3 fully saturated rings. The summed E-state index contributed by atoms with van der Waals surface area (Å²) in [5.41, 5.74) is 0.605. The number of piperazine rings is 1. The lowest BCUT2D eigenvalue weighted by Crippen LogP contribution is -2.49. The van der Waals surface area contributed by atoms with Gasteiger partial charge in [0, 0.05) is 51.9 Å². The average molecular weight is 593 g/mol. The van der Waals surface area contributed by atoms with Crippen molar-refractivity contribution < 1.29 is 0 Å². The lowest BCUT2D eigenvalue weighted by molar-refractivity contribution is 0.0159. The molecule has 4 nitrogen and oxygen atoms in total. The maximum absolute atomic E-state index is 2.66. The molecule has 0 bridgehead atoms. The van der Waals surface area contributed by atoms with Crippen LogP contribution in [-0.4, -0.2) is 97.6 Å². The molecular weight excluding hydrogens is 512 g/mol. The molecule has 0 saturated carbocycles. The molecule has 0 atom stereocenters. The first-order valence-electron chi connectivity index (χ1n) is 18.5. The second-order valence-electron chi connectivity index (χ2n) is 16.8. The summed E-state index contributed by atoms with van der Waals surface area (Å²) in [7, 11) is 0. The van der Waals surface area contributed by atoms with Gasteiger partial charge in [0.1, 0.15) is 0 Å². The summed E-state index contributed by atoms with van der Waals surface area (Å²) in [6.07, 6.45) is 5.64. The van der Waals surface area contributed by atoms with E-state index in [9.17, 15) is 0 Å². The zero-order chi connectivity index (χ0) is 32.0. The molecule has 3 heterocycles. The fourth-order valence-corrected chi connectivity index (χ4v) is 7.79. The Bertz CT molecular complexity index is 600. The zero-order valence-electron chi connectivity index (χ0n) is 31.5. The first kappa shape index (κ1) is 39.9. The van der Waals surface area contributed by atoms with Crippen LogP contribution in [0.1, 0.15) is 123 Å². The van der Waals surface area contributed by atoms with E-state index in [0.29, 0.717) is 5.41 Å². The Kier molecular flexibility index (Phi) is 19.0. The van der Waals surface area contributed by atoms with Crippen molar-refractivity contribution in [3.05, 3.63) is 0 Å². The highest BCUT2D eigenvalue weighted by atomic mass is 15.3. The molecule has 0 aromatic heterocycles. The average Bonchev–Trinajstić information content (AvgIpc) is 2.89. The summed E-state index contributed by atoms with van der Waals surface area (Å²) in [5.74, 6) is 5.99. The number of likely N-dealkylation sites (tertiary alicyclic amines) is 2. The van der Waals surface area contributed by atoms with Crippen molar-refractivity contribution in [3.63, 3.8) is 0 Å². The highest BCUT2D eigenvalue weighted by Gasteiger charge is 2.39. The minimum absolute atomic E-state index is 0.605. The van der Waals surface area contributed by atoms with Gasteiger partial charge in [0.2, 0.25) is 0 Å². The van der Waals surface area contributed by atoms with Crippen LogP contribution < -0.4 is 0 Å². The summed E-state index contributed by atoms with van der Waals surface area (Å²) >= 11 is 0. The third-order valence-corrected chi connectivity index (χ3v) is 10.7. The van der Waals surface area contributed by atoms with E-state index < -0.39 is 0 Å². The molecule has 3 rings (SSSR count). The minimum atomic E-state index is 0.605. The Balaban J connectivity index is 0.000000318. The van der Waals surface area contributed by atoms with Gasteiger partial charge in [-0.1, -0.05) is 83.1 Å². The van der Waals surface area contributed by atoms with Gasteiger partial charge in [0.15, 0.2) is 0 Å². The SMILES string of the molecule is CC(C)CN1CCC(C(C)C)(C(C)C)CC1.CC(C)CN1CCC(C(C)C)CC1.CC(C)CN1CCN(C(C)C)CC1. The minimum Gasteiger partial charge on any atom is -0.303 e. The van der Waals surface area contributed by atoms with Crippen LogP contribution in [-0.2, 0) is 0 Å². The van der Waals surface area contributed by atoms with Crippen molar-refractivity contribution in [3.8, 4) is 0 Å². The predicted molar refractivity (Wildman–Crippen MR) is 189 cm³/mol. The van der Waals surface area contributed by atoms with Gasteiger partial charge in [-0.2, -0.15) is 0 Å². The van der Waals surface area contributed by atoms with Gasteiger partial charge in [-0.3, -0.25) is 4.90 Å². The molecule has 252 valence electrons. The van der Waals surface area contributed by atoms with Crippen LogP contribution in [0.15, 0.2) is 0 Å². The zero-order valence-corrected chi connectivity index (χ0v) is 31.5. The van der Waals surface area contributed by atoms with Gasteiger partial charge in [0.05, 0.1) is 0 Å². The first-order chi connectivity index (χ1) is 19.6. The predicted octanol–water partition coefficient (Wildman–Crippen LogP) is 8.72. The summed E-state index contributed by atoms with van der Waals surface area (Å²) < 4.78 is 0. The lowest BCUT2D eigenvalue weighted by Gasteiger charge is -2.48. The normalized spacial score (nSPS) is 21.9. The van der Waals surface area contributed by atoms with Crippen LogP contribution in [0.3, 0.4) is 0 Å². The summed E-state index contributed by atoms with van der Waals surface area (Å²) in [6, 6.07) is 0.723. The Morgan fingerprint density at radius 1 is 0.476 bits per heavy atom. The molecule has 42 heavy (non-hydrogen) atoms. The maximum Gasteiger partial charge on any atom is 0.0113 e. The Morgan fingerprint density at radius 3 is 1.14 bits per heavy atom. The first-order valence-corrected chi connectivity index (χ1v) is 18.5. The van der Waals surface area contributed by atoms with Crippen molar-refractivity contribution in [1.82, 2.24) is 19.6 Å². The molecule has 0 N–H and O–H groups in total. The summed E-state index contributed by atoms with van der Waals surface area (Å²) in [5, 5.41) is 0. The van der Waals surface area contributed by atoms with E-state index in [4.69, 9.17) is 0 Å². The number of hydrogen-bond acceptors (Lipinski definition) is 4. The Morgan fingerprint density at radius 2 is 0.833 bits per heavy atom. The van der Waals surface area contributed by atoms with Crippen molar-refractivity contribution in [2.75, 3.05) is 72.0 Å². The van der Waals surface area contributed by atoms with Gasteiger partial charge < -0.3 is 14.7 Å². The second-order valence-corrected chi connectivity index (χ2v) is 16.8. The van der Waals surface area contributed by atoms with E-state index in [1.54, 1.807) is 0 Å². The largest absolute Gasteiger partial charge is 0.303 e. The maximum atomic E-state index is 2.66. The molecule has 0 aliphatic carbocycles. The highest BCUT2D eigenvalue weighted by molar-refractivity contribution is 4.90. The van der Waals surface area contributed by atoms with Crippen LogP contribution >= 0.6 is 0 Å². The fourth-order valence-electron chi connectivity index (χ4n) is 7.79. The number of hydrogen-bond donors (Lipinski definition) is 0. The third-order valence-electron chi connectivity index (χ3n) is 10.7. The van der Waals surface area contributed by atoms with Crippen LogP contribution in [0.25, 0.3) is 0 Å². The van der Waals surface area contributed by atoms with Crippen molar-refractivity contribution in [2.45, 2.75) is 129 Å². The Labute approximate surface area is 266 Å². The molecule has 0 amide bonds. The quantitative estimate of drug-likeness (QED) is 0.251. The van der Waals surface area contributed by atoms with Crippen molar-refractivity contribution in [1.29, 1.82) is 0 Å². The van der Waals surface area contributed by atoms with Gasteiger partial charge in [-0.15, -0.1) is 0 Å². The Hall–Kier alpha value is -0.160. The molecule has 3 saturated heterocycles. The van der Waals surface area contributed by atoms with E-state index in [1.807, 2.05) is 0 Å². The van der Waals surface area contributed by atoms with E-state index in [-0.39, 0.29) is 0 Å². The molecule has 0 radical (unpaired) electrons. The molecular formula is C38H80N4. The van der Waals surface area contributed by atoms with Crippen LogP contribution in [0.5, 0.6) is 0 Å². The summed E-state index contributed by atoms with van der Waals surface area (Å²) in [4.78, 5) is 10.4. The molecule has 0 unspecified atom stereocenters. The van der Waals surface area contributed by atoms with Gasteiger partial charge >= 0.3 is 0 Å². The van der Waals surface area contributed by atoms with E-state index in [0.717, 1.165) is 47.5 Å². The third kappa shape index (κ3) is 14.7. The summed E-state index contributed by atoms with van der Waals surface area (Å²) in [6.45, 7) is 47.0. The molecule has 3 aliphatic rings. The number of rotatable bonds is 10. The van der Waals surface area contributed by atoms with Crippen LogP contribution in [0.2, 0.25) is 0 Å². The standard InChI is InChI=1S/C15H31N.C12H25N.C11H24N2/c1-12(2)11-16-9-7-15(8-10-16,13(3)4)14(5)6;1-10(2)9-13-7-5-12(6-8-13)11(3)4;1-10(2)9-12-5-7-13(8-6-12)11(3)4/h12-14H,7-11H2,1-6H3;10-12H,5-9H2,1-4H3;10-11H,5-9H2,1-4H3. The molecule has 4 heteroatoms. The van der Waals surface area contributed by atoms with Gasteiger partial charge in [-0.25, -0.2) is 0 Å². The van der Waals surface area contributed by atoms with Gasteiger partial charge in [0.25, 0.3) is 0 Å². The molecule has 0 aromatic rings. The van der Waals surface area contributed by atoms with E-state index >= 15 is 0 Å². The van der Waals surface area contributed by atoms with Crippen LogP contribution in [0, 0.1) is 46.8 Å². The van der Waals surface area contributed by atoms with Gasteiger partial charge in [-0.05, 0) is 113 Å². The second kappa shape index (κ2) is 20.1. The van der Waals surface area contributed by atoms with E-state index in [2.05, 4.69) is 117 Å². The molecule has 0 spiro atoms. The van der Waals surface area contributed by atoms with Crippen LogP contribution in [0.4, 0.5) is 0 Å². The highest BCUT2D eigenvalue weighted by Crippen LogP contribution is 2.45. The van der Waals surface area contributed by atoms with Crippen molar-refractivity contribution in [2.24, 2.45) is 46.8 Å². The topological polar surface area (TPSA) is 13.0 Å². The number of nitrogens with zero attached hydrogens (tertiary/aromatic N) is 4. The number of piperidine rings is 2. The molecule has 0 aromatic carbocycles.